The minimum atomic E-state index is 0.302. The van der Waals surface area contributed by atoms with Crippen molar-refractivity contribution >= 4 is 5.91 Å². The van der Waals surface area contributed by atoms with Crippen LogP contribution in [0.15, 0.2) is 0 Å². The highest BCUT2D eigenvalue weighted by molar-refractivity contribution is 5.83. The van der Waals surface area contributed by atoms with Gasteiger partial charge in [-0.15, -0.1) is 0 Å². The average molecular weight is 252 g/mol. The Balaban J connectivity index is 1.99. The lowest BCUT2D eigenvalue weighted by Gasteiger charge is -2.35. The second kappa shape index (κ2) is 5.60. The Morgan fingerprint density at radius 3 is 2.50 bits per heavy atom. The summed E-state index contributed by atoms with van der Waals surface area (Å²) in [6.45, 7) is 9.72. The van der Waals surface area contributed by atoms with Crippen molar-refractivity contribution in [3.05, 3.63) is 0 Å². The third-order valence-corrected chi connectivity index (χ3v) is 4.95. The quantitative estimate of drug-likeness (QED) is 0.815. The second-order valence-electron chi connectivity index (χ2n) is 6.28. The van der Waals surface area contributed by atoms with Gasteiger partial charge >= 0.3 is 0 Å². The summed E-state index contributed by atoms with van der Waals surface area (Å²) in [7, 11) is 0. The fraction of sp³-hybridized carbons (Fsp3) is 0.933. The molecule has 2 rings (SSSR count). The van der Waals surface area contributed by atoms with Crippen molar-refractivity contribution in [3.63, 3.8) is 0 Å². The fourth-order valence-corrected chi connectivity index (χ4v) is 3.22. The first-order valence-electron chi connectivity index (χ1n) is 7.63. The minimum Gasteiger partial charge on any atom is -0.339 e. The van der Waals surface area contributed by atoms with E-state index >= 15 is 0 Å². The molecule has 0 aromatic carbocycles. The first kappa shape index (κ1) is 13.9. The van der Waals surface area contributed by atoms with E-state index in [1.807, 2.05) is 0 Å². The topological polar surface area (TPSA) is 32.3 Å². The van der Waals surface area contributed by atoms with Gasteiger partial charge in [0, 0.05) is 18.5 Å². The third kappa shape index (κ3) is 2.71. The van der Waals surface area contributed by atoms with Crippen molar-refractivity contribution in [2.45, 2.75) is 58.9 Å². The molecule has 1 saturated heterocycles. The zero-order valence-corrected chi connectivity index (χ0v) is 12.2. The maximum atomic E-state index is 12.7. The van der Waals surface area contributed by atoms with Gasteiger partial charge in [0.2, 0.25) is 5.91 Å². The van der Waals surface area contributed by atoms with E-state index in [2.05, 4.69) is 31.0 Å². The fourth-order valence-electron chi connectivity index (χ4n) is 3.22. The number of amides is 1. The molecular weight excluding hydrogens is 224 g/mol. The average Bonchev–Trinajstić information content (AvgIpc) is 3.09. The van der Waals surface area contributed by atoms with E-state index < -0.39 is 0 Å². The maximum Gasteiger partial charge on any atom is 0.226 e. The standard InChI is InChI=1S/C15H28N2O/c1-4-10-17(12-6-8-16-9-7-12)14(18)13-11-15(13,3)5-2/h12-13,16H,4-11H2,1-3H3. The van der Waals surface area contributed by atoms with Gasteiger partial charge in [-0.25, -0.2) is 0 Å². The van der Waals surface area contributed by atoms with Crippen LogP contribution in [0.2, 0.25) is 0 Å². The van der Waals surface area contributed by atoms with E-state index in [0.717, 1.165) is 51.7 Å². The van der Waals surface area contributed by atoms with Crippen LogP contribution in [0, 0.1) is 11.3 Å². The molecule has 1 saturated carbocycles. The Morgan fingerprint density at radius 2 is 2.00 bits per heavy atom. The van der Waals surface area contributed by atoms with Crippen molar-refractivity contribution in [1.29, 1.82) is 0 Å². The van der Waals surface area contributed by atoms with Crippen LogP contribution in [-0.2, 0) is 4.79 Å². The van der Waals surface area contributed by atoms with Gasteiger partial charge in [0.05, 0.1) is 0 Å². The van der Waals surface area contributed by atoms with Crippen molar-refractivity contribution in [1.82, 2.24) is 10.2 Å². The molecule has 0 radical (unpaired) electrons. The molecule has 0 bridgehead atoms. The van der Waals surface area contributed by atoms with Crippen LogP contribution in [0.5, 0.6) is 0 Å². The van der Waals surface area contributed by atoms with E-state index in [1.165, 1.54) is 0 Å². The van der Waals surface area contributed by atoms with E-state index in [1.54, 1.807) is 0 Å². The Bertz CT molecular complexity index is 299. The van der Waals surface area contributed by atoms with Gasteiger partial charge in [0.25, 0.3) is 0 Å². The van der Waals surface area contributed by atoms with E-state index in [4.69, 9.17) is 0 Å². The molecule has 104 valence electrons. The van der Waals surface area contributed by atoms with Crippen LogP contribution in [0.3, 0.4) is 0 Å². The summed E-state index contributed by atoms with van der Waals surface area (Å²) in [6, 6.07) is 0.486. The minimum absolute atomic E-state index is 0.302. The van der Waals surface area contributed by atoms with Gasteiger partial charge in [-0.05, 0) is 50.6 Å². The molecule has 1 heterocycles. The van der Waals surface area contributed by atoms with Gasteiger partial charge in [0.1, 0.15) is 0 Å². The Hall–Kier alpha value is -0.570. The second-order valence-corrected chi connectivity index (χ2v) is 6.28. The summed E-state index contributed by atoms with van der Waals surface area (Å²) in [4.78, 5) is 14.9. The summed E-state index contributed by atoms with van der Waals surface area (Å²) in [5.41, 5.74) is 0.302. The zero-order valence-electron chi connectivity index (χ0n) is 12.2. The van der Waals surface area contributed by atoms with Crippen LogP contribution in [-0.4, -0.2) is 36.5 Å². The Kier molecular flexibility index (Phi) is 4.31. The molecule has 1 aliphatic carbocycles. The van der Waals surface area contributed by atoms with Crippen LogP contribution in [0.25, 0.3) is 0 Å². The highest BCUT2D eigenvalue weighted by atomic mass is 16.2. The van der Waals surface area contributed by atoms with Crippen molar-refractivity contribution in [2.75, 3.05) is 19.6 Å². The largest absolute Gasteiger partial charge is 0.339 e. The molecule has 0 aromatic heterocycles. The zero-order chi connectivity index (χ0) is 13.2. The molecule has 1 amide bonds. The number of nitrogens with one attached hydrogen (secondary N) is 1. The number of nitrogens with zero attached hydrogens (tertiary/aromatic N) is 1. The molecule has 1 N–H and O–H groups in total. The van der Waals surface area contributed by atoms with E-state index in [-0.39, 0.29) is 0 Å². The van der Waals surface area contributed by atoms with Gasteiger partial charge in [-0.1, -0.05) is 20.8 Å². The number of hydrogen-bond acceptors (Lipinski definition) is 2. The van der Waals surface area contributed by atoms with Gasteiger partial charge in [0.15, 0.2) is 0 Å². The number of carbonyl (C=O) groups is 1. The Morgan fingerprint density at radius 1 is 1.33 bits per heavy atom. The predicted molar refractivity (Wildman–Crippen MR) is 74.4 cm³/mol. The molecule has 3 nitrogen and oxygen atoms in total. The lowest BCUT2D eigenvalue weighted by Crippen LogP contribution is -2.47. The summed E-state index contributed by atoms with van der Waals surface area (Å²) in [5, 5.41) is 3.38. The van der Waals surface area contributed by atoms with Gasteiger partial charge in [-0.2, -0.15) is 0 Å². The summed E-state index contributed by atoms with van der Waals surface area (Å²) in [6.07, 6.45) is 5.57. The van der Waals surface area contributed by atoms with Crippen LogP contribution in [0.4, 0.5) is 0 Å². The summed E-state index contributed by atoms with van der Waals surface area (Å²) in [5.74, 6) is 0.747. The Labute approximate surface area is 111 Å². The van der Waals surface area contributed by atoms with Crippen LogP contribution in [0.1, 0.15) is 52.9 Å². The molecule has 3 heteroatoms. The lowest BCUT2D eigenvalue weighted by molar-refractivity contribution is -0.136. The first-order chi connectivity index (χ1) is 8.62. The molecule has 2 atom stereocenters. The summed E-state index contributed by atoms with van der Waals surface area (Å²) >= 11 is 0. The van der Waals surface area contributed by atoms with Crippen LogP contribution < -0.4 is 5.32 Å². The molecule has 0 aromatic rings. The lowest BCUT2D eigenvalue weighted by atomic mass is 10.00. The van der Waals surface area contributed by atoms with Crippen molar-refractivity contribution in [3.8, 4) is 0 Å². The van der Waals surface area contributed by atoms with Crippen LogP contribution >= 0.6 is 0 Å². The van der Waals surface area contributed by atoms with E-state index in [0.29, 0.717) is 23.3 Å². The van der Waals surface area contributed by atoms with Crippen molar-refractivity contribution in [2.24, 2.45) is 11.3 Å². The highest BCUT2D eigenvalue weighted by Crippen LogP contribution is 2.55. The smallest absolute Gasteiger partial charge is 0.226 e. The number of piperidine rings is 1. The molecular formula is C15H28N2O. The number of rotatable bonds is 5. The molecule has 18 heavy (non-hydrogen) atoms. The molecule has 2 aliphatic rings. The molecule has 0 spiro atoms. The van der Waals surface area contributed by atoms with Gasteiger partial charge in [-0.3, -0.25) is 4.79 Å². The molecule has 2 fully saturated rings. The van der Waals surface area contributed by atoms with Crippen molar-refractivity contribution < 1.29 is 4.79 Å². The van der Waals surface area contributed by atoms with Gasteiger partial charge < -0.3 is 10.2 Å². The first-order valence-corrected chi connectivity index (χ1v) is 7.63. The predicted octanol–water partition coefficient (Wildman–Crippen LogP) is 2.41. The normalized spacial score (nSPS) is 32.3. The maximum absolute atomic E-state index is 12.7. The third-order valence-electron chi connectivity index (χ3n) is 4.95. The monoisotopic (exact) mass is 252 g/mol. The molecule has 2 unspecified atom stereocenters. The molecule has 1 aliphatic heterocycles. The number of hydrogen-bond donors (Lipinski definition) is 1. The SMILES string of the molecule is CCCN(C(=O)C1CC1(C)CC)C1CCNCC1. The summed E-state index contributed by atoms with van der Waals surface area (Å²) < 4.78 is 0. The highest BCUT2D eigenvalue weighted by Gasteiger charge is 2.54. The van der Waals surface area contributed by atoms with E-state index in [9.17, 15) is 4.79 Å². The number of carbonyl (C=O) groups excluding carboxylic acids is 1.